The third kappa shape index (κ3) is 5.48. The molecule has 33 heavy (non-hydrogen) atoms. The predicted octanol–water partition coefficient (Wildman–Crippen LogP) is 4.88. The Kier molecular flexibility index (Phi) is 6.85. The van der Waals surface area contributed by atoms with Gasteiger partial charge in [-0.1, -0.05) is 42.0 Å². The Morgan fingerprint density at radius 2 is 1.64 bits per heavy atom. The predicted molar refractivity (Wildman–Crippen MR) is 129 cm³/mol. The first-order valence-corrected chi connectivity index (χ1v) is 11.3. The summed E-state index contributed by atoms with van der Waals surface area (Å²) in [5.74, 6) is -0.0174. The van der Waals surface area contributed by atoms with Gasteiger partial charge < -0.3 is 9.80 Å². The molecule has 0 aliphatic carbocycles. The van der Waals surface area contributed by atoms with Gasteiger partial charge in [0, 0.05) is 24.3 Å². The number of benzene rings is 3. The highest BCUT2D eigenvalue weighted by molar-refractivity contribution is 6.06. The highest BCUT2D eigenvalue weighted by Crippen LogP contribution is 2.23. The van der Waals surface area contributed by atoms with Crippen molar-refractivity contribution >= 4 is 17.5 Å². The lowest BCUT2D eigenvalue weighted by atomic mass is 10.1. The molecule has 0 atom stereocenters. The first-order chi connectivity index (χ1) is 16.0. The third-order valence-electron chi connectivity index (χ3n) is 6.00. The molecule has 1 heterocycles. The molecule has 1 fully saturated rings. The second kappa shape index (κ2) is 10.1. The molecule has 1 aliphatic rings. The summed E-state index contributed by atoms with van der Waals surface area (Å²) in [4.78, 5) is 29.8. The van der Waals surface area contributed by atoms with Gasteiger partial charge in [0.2, 0.25) is 5.91 Å². The Hall–Kier alpha value is -3.91. The van der Waals surface area contributed by atoms with E-state index in [0.29, 0.717) is 24.1 Å². The van der Waals surface area contributed by atoms with E-state index in [-0.39, 0.29) is 11.8 Å². The van der Waals surface area contributed by atoms with Crippen LogP contribution in [0.25, 0.3) is 0 Å². The van der Waals surface area contributed by atoms with Crippen LogP contribution in [0.15, 0.2) is 72.8 Å². The number of aryl methyl sites for hydroxylation is 1. The molecule has 1 aliphatic heterocycles. The summed E-state index contributed by atoms with van der Waals surface area (Å²) in [5, 5.41) is 9.08. The maximum atomic E-state index is 13.5. The van der Waals surface area contributed by atoms with E-state index in [9.17, 15) is 9.59 Å². The van der Waals surface area contributed by atoms with E-state index in [1.54, 1.807) is 29.2 Å². The van der Waals surface area contributed by atoms with Gasteiger partial charge in [-0.3, -0.25) is 9.59 Å². The van der Waals surface area contributed by atoms with Gasteiger partial charge in [-0.25, -0.2) is 0 Å². The summed E-state index contributed by atoms with van der Waals surface area (Å²) < 4.78 is 0. The van der Waals surface area contributed by atoms with Crippen molar-refractivity contribution in [1.82, 2.24) is 4.90 Å². The van der Waals surface area contributed by atoms with Crippen molar-refractivity contribution in [3.8, 4) is 6.07 Å². The second-order valence-corrected chi connectivity index (χ2v) is 8.50. The van der Waals surface area contributed by atoms with Crippen molar-refractivity contribution in [3.63, 3.8) is 0 Å². The molecule has 0 unspecified atom stereocenters. The summed E-state index contributed by atoms with van der Waals surface area (Å²) in [6.45, 7) is 4.09. The van der Waals surface area contributed by atoms with Crippen LogP contribution in [0.4, 0.5) is 5.69 Å². The van der Waals surface area contributed by atoms with E-state index < -0.39 is 0 Å². The lowest BCUT2D eigenvalue weighted by Crippen LogP contribution is -2.31. The number of likely N-dealkylation sites (tertiary alicyclic amines) is 1. The molecule has 3 aromatic carbocycles. The number of amides is 2. The van der Waals surface area contributed by atoms with E-state index in [1.807, 2.05) is 60.4 Å². The zero-order valence-electron chi connectivity index (χ0n) is 18.8. The average molecular weight is 438 g/mol. The number of carbonyl (C=O) groups is 2. The van der Waals surface area contributed by atoms with Crippen LogP contribution in [0.5, 0.6) is 0 Å². The SMILES string of the molecule is Cc1ccc(CN(C(=O)c2ccc(C#N)cc2)c2cccc(CC(=O)N3CCCC3)c2)cc1. The van der Waals surface area contributed by atoms with Crippen molar-refractivity contribution in [2.24, 2.45) is 0 Å². The van der Waals surface area contributed by atoms with Crippen molar-refractivity contribution in [3.05, 3.63) is 101 Å². The fourth-order valence-electron chi connectivity index (χ4n) is 4.09. The Balaban J connectivity index is 1.63. The van der Waals surface area contributed by atoms with Gasteiger partial charge in [0.25, 0.3) is 5.91 Å². The minimum atomic E-state index is -0.150. The Morgan fingerprint density at radius 3 is 2.30 bits per heavy atom. The van der Waals surface area contributed by atoms with Gasteiger partial charge in [0.1, 0.15) is 0 Å². The molecule has 0 radical (unpaired) electrons. The van der Waals surface area contributed by atoms with Crippen LogP contribution in [-0.4, -0.2) is 29.8 Å². The Bertz CT molecular complexity index is 1170. The minimum absolute atomic E-state index is 0.133. The molecule has 0 N–H and O–H groups in total. The highest BCUT2D eigenvalue weighted by Gasteiger charge is 2.21. The number of nitrogens with zero attached hydrogens (tertiary/aromatic N) is 3. The Labute approximate surface area is 194 Å². The summed E-state index contributed by atoms with van der Waals surface area (Å²) in [6, 6.07) is 24.6. The van der Waals surface area contributed by atoms with Gasteiger partial charge in [-0.05, 0) is 67.3 Å². The van der Waals surface area contributed by atoms with Crippen LogP contribution >= 0.6 is 0 Å². The maximum Gasteiger partial charge on any atom is 0.258 e. The highest BCUT2D eigenvalue weighted by atomic mass is 16.2. The molecule has 0 bridgehead atoms. The Morgan fingerprint density at radius 1 is 0.939 bits per heavy atom. The molecule has 1 saturated heterocycles. The molecular weight excluding hydrogens is 410 g/mol. The molecule has 166 valence electrons. The number of anilines is 1. The molecule has 0 spiro atoms. The van der Waals surface area contributed by atoms with E-state index in [1.165, 1.54) is 0 Å². The summed E-state index contributed by atoms with van der Waals surface area (Å²) in [5.41, 5.74) is 4.84. The zero-order valence-corrected chi connectivity index (χ0v) is 18.8. The van der Waals surface area contributed by atoms with E-state index in [4.69, 9.17) is 5.26 Å². The quantitative estimate of drug-likeness (QED) is 0.552. The summed E-state index contributed by atoms with van der Waals surface area (Å²) in [7, 11) is 0. The molecule has 0 aromatic heterocycles. The largest absolute Gasteiger partial charge is 0.342 e. The van der Waals surface area contributed by atoms with Gasteiger partial charge in [0.05, 0.1) is 24.6 Å². The van der Waals surface area contributed by atoms with Gasteiger partial charge in [-0.2, -0.15) is 5.26 Å². The smallest absolute Gasteiger partial charge is 0.258 e. The second-order valence-electron chi connectivity index (χ2n) is 8.50. The number of hydrogen-bond donors (Lipinski definition) is 0. The molecule has 4 rings (SSSR count). The lowest BCUT2D eigenvalue weighted by Gasteiger charge is -2.24. The van der Waals surface area contributed by atoms with Gasteiger partial charge >= 0.3 is 0 Å². The summed E-state index contributed by atoms with van der Waals surface area (Å²) in [6.07, 6.45) is 2.46. The number of rotatable bonds is 6. The van der Waals surface area contributed by atoms with Crippen molar-refractivity contribution in [2.45, 2.75) is 32.7 Å². The topological polar surface area (TPSA) is 64.4 Å². The molecule has 5 nitrogen and oxygen atoms in total. The van der Waals surface area contributed by atoms with E-state index in [0.717, 1.165) is 48.3 Å². The maximum absolute atomic E-state index is 13.5. The zero-order chi connectivity index (χ0) is 23.2. The summed E-state index contributed by atoms with van der Waals surface area (Å²) >= 11 is 0. The van der Waals surface area contributed by atoms with Crippen molar-refractivity contribution in [2.75, 3.05) is 18.0 Å². The average Bonchev–Trinajstić information content (AvgIpc) is 3.39. The standard InChI is InChI=1S/C28H27N3O2/c1-21-7-9-23(10-8-21)20-31(28(33)25-13-11-22(19-29)12-14-25)26-6-4-5-24(17-26)18-27(32)30-15-2-3-16-30/h4-14,17H,2-3,15-16,18,20H2,1H3. The fourth-order valence-corrected chi connectivity index (χ4v) is 4.09. The number of carbonyl (C=O) groups excluding carboxylic acids is 2. The van der Waals surface area contributed by atoms with E-state index in [2.05, 4.69) is 6.07 Å². The monoisotopic (exact) mass is 437 g/mol. The lowest BCUT2D eigenvalue weighted by molar-refractivity contribution is -0.129. The van der Waals surface area contributed by atoms with Gasteiger partial charge in [0.15, 0.2) is 0 Å². The molecule has 2 amide bonds. The fraction of sp³-hybridized carbons (Fsp3) is 0.250. The van der Waals surface area contributed by atoms with Crippen LogP contribution in [-0.2, 0) is 17.8 Å². The molecule has 3 aromatic rings. The first kappa shape index (κ1) is 22.3. The normalized spacial score (nSPS) is 12.9. The number of nitriles is 1. The minimum Gasteiger partial charge on any atom is -0.342 e. The van der Waals surface area contributed by atoms with Gasteiger partial charge in [-0.15, -0.1) is 0 Å². The van der Waals surface area contributed by atoms with E-state index >= 15 is 0 Å². The third-order valence-corrected chi connectivity index (χ3v) is 6.00. The van der Waals surface area contributed by atoms with Crippen LogP contribution < -0.4 is 4.90 Å². The first-order valence-electron chi connectivity index (χ1n) is 11.3. The van der Waals surface area contributed by atoms with Crippen molar-refractivity contribution in [1.29, 1.82) is 5.26 Å². The van der Waals surface area contributed by atoms with Crippen LogP contribution in [0.3, 0.4) is 0 Å². The van der Waals surface area contributed by atoms with Crippen LogP contribution in [0.2, 0.25) is 0 Å². The van der Waals surface area contributed by atoms with Crippen LogP contribution in [0, 0.1) is 18.3 Å². The molecular formula is C28H27N3O2. The molecule has 0 saturated carbocycles. The van der Waals surface area contributed by atoms with Crippen LogP contribution in [0.1, 0.15) is 45.5 Å². The number of hydrogen-bond acceptors (Lipinski definition) is 3. The van der Waals surface area contributed by atoms with Crippen molar-refractivity contribution < 1.29 is 9.59 Å². The molecule has 5 heteroatoms.